The smallest absolute Gasteiger partial charge is 0.347 e. The molecule has 19 heavy (non-hydrogen) atoms. The zero-order valence-electron chi connectivity index (χ0n) is 10.3. The number of ether oxygens (including phenoxy) is 1. The Morgan fingerprint density at radius 2 is 2.11 bits per heavy atom. The first-order chi connectivity index (χ1) is 8.79. The summed E-state index contributed by atoms with van der Waals surface area (Å²) in [6.45, 7) is 2.68. The van der Waals surface area contributed by atoms with Crippen molar-refractivity contribution in [3.63, 3.8) is 0 Å². The van der Waals surface area contributed by atoms with E-state index in [0.717, 1.165) is 11.3 Å². The Balaban J connectivity index is 2.98. The van der Waals surface area contributed by atoms with Crippen LogP contribution in [0.25, 0.3) is 0 Å². The molecule has 0 saturated heterocycles. The monoisotopic (exact) mass is 307 g/mol. The number of sulfonamides is 1. The summed E-state index contributed by atoms with van der Waals surface area (Å²) in [5, 5.41) is 10.4. The summed E-state index contributed by atoms with van der Waals surface area (Å²) in [7, 11) is -4.06. The zero-order chi connectivity index (χ0) is 14.6. The molecule has 0 aliphatic rings. The molecule has 0 atom stereocenters. The van der Waals surface area contributed by atoms with Crippen LogP contribution < -0.4 is 4.72 Å². The third-order valence-electron chi connectivity index (χ3n) is 2.09. The molecule has 1 aromatic rings. The van der Waals surface area contributed by atoms with Crippen LogP contribution in [-0.4, -0.2) is 38.6 Å². The second kappa shape index (κ2) is 6.13. The highest BCUT2D eigenvalue weighted by Gasteiger charge is 2.27. The van der Waals surface area contributed by atoms with Crippen molar-refractivity contribution in [1.82, 2.24) is 4.72 Å². The molecule has 0 fully saturated rings. The molecule has 0 aliphatic carbocycles. The quantitative estimate of drug-likeness (QED) is 0.745. The minimum Gasteiger partial charge on any atom is -0.477 e. The molecule has 0 amide bonds. The van der Waals surface area contributed by atoms with Crippen molar-refractivity contribution in [2.75, 3.05) is 13.2 Å². The lowest BCUT2D eigenvalue weighted by molar-refractivity contribution is -0.141. The highest BCUT2D eigenvalue weighted by atomic mass is 32.2. The first-order valence-electron chi connectivity index (χ1n) is 5.26. The number of thiophene rings is 1. The predicted molar refractivity (Wildman–Crippen MR) is 67.8 cm³/mol. The van der Waals surface area contributed by atoms with Crippen LogP contribution in [-0.2, 0) is 19.6 Å². The number of carbonyl (C=O) groups excluding carboxylic acids is 1. The molecule has 9 heteroatoms. The molecule has 0 radical (unpaired) electrons. The molecule has 1 aromatic heterocycles. The van der Waals surface area contributed by atoms with Gasteiger partial charge in [0.1, 0.15) is 16.3 Å². The predicted octanol–water partition coefficient (Wildman–Crippen LogP) is 0.596. The highest BCUT2D eigenvalue weighted by Crippen LogP contribution is 2.26. The van der Waals surface area contributed by atoms with E-state index in [1.54, 1.807) is 6.92 Å². The Labute approximate surface area is 114 Å². The maximum Gasteiger partial charge on any atom is 0.347 e. The van der Waals surface area contributed by atoms with Gasteiger partial charge < -0.3 is 9.84 Å². The van der Waals surface area contributed by atoms with E-state index >= 15 is 0 Å². The second-order valence-corrected chi connectivity index (χ2v) is 6.10. The van der Waals surface area contributed by atoms with Gasteiger partial charge in [0.2, 0.25) is 10.0 Å². The summed E-state index contributed by atoms with van der Waals surface area (Å²) < 4.78 is 30.6. The minimum absolute atomic E-state index is 0.137. The van der Waals surface area contributed by atoms with Crippen LogP contribution in [0.1, 0.15) is 22.2 Å². The minimum atomic E-state index is -4.06. The first kappa shape index (κ1) is 15.6. The Morgan fingerprint density at radius 1 is 1.47 bits per heavy atom. The van der Waals surface area contributed by atoms with Crippen molar-refractivity contribution in [1.29, 1.82) is 0 Å². The van der Waals surface area contributed by atoms with Gasteiger partial charge in [-0.3, -0.25) is 4.79 Å². The lowest BCUT2D eigenvalue weighted by Crippen LogP contribution is -2.31. The third-order valence-corrected chi connectivity index (χ3v) is 4.90. The van der Waals surface area contributed by atoms with E-state index in [2.05, 4.69) is 4.74 Å². The molecule has 2 N–H and O–H groups in total. The van der Waals surface area contributed by atoms with Gasteiger partial charge in [0.05, 0.1) is 6.61 Å². The van der Waals surface area contributed by atoms with Crippen LogP contribution in [0.3, 0.4) is 0 Å². The topological polar surface area (TPSA) is 110 Å². The van der Waals surface area contributed by atoms with Crippen LogP contribution >= 0.6 is 11.3 Å². The fourth-order valence-corrected chi connectivity index (χ4v) is 3.95. The molecule has 0 aliphatic heterocycles. The molecule has 0 saturated carbocycles. The fraction of sp³-hybridized carbons (Fsp3) is 0.400. The van der Waals surface area contributed by atoms with Gasteiger partial charge >= 0.3 is 11.9 Å². The number of nitrogens with one attached hydrogen (secondary N) is 1. The average Bonchev–Trinajstić information content (AvgIpc) is 2.70. The van der Waals surface area contributed by atoms with Gasteiger partial charge in [-0.15, -0.1) is 11.3 Å². The van der Waals surface area contributed by atoms with Gasteiger partial charge in [0, 0.05) is 0 Å². The van der Waals surface area contributed by atoms with Gasteiger partial charge in [-0.25, -0.2) is 13.2 Å². The third kappa shape index (κ3) is 3.75. The van der Waals surface area contributed by atoms with E-state index in [-0.39, 0.29) is 16.4 Å². The number of carboxylic acid groups (broad SMARTS) is 1. The van der Waals surface area contributed by atoms with E-state index in [4.69, 9.17) is 5.11 Å². The van der Waals surface area contributed by atoms with Gasteiger partial charge in [0.25, 0.3) is 0 Å². The summed E-state index contributed by atoms with van der Waals surface area (Å²) in [6.07, 6.45) is 0. The van der Waals surface area contributed by atoms with Gasteiger partial charge in [0.15, 0.2) is 0 Å². The Bertz CT molecular complexity index is 589. The number of hydrogen-bond donors (Lipinski definition) is 2. The van der Waals surface area contributed by atoms with E-state index in [9.17, 15) is 18.0 Å². The molecule has 0 unspecified atom stereocenters. The molecule has 1 rings (SSSR count). The number of aromatic carboxylic acids is 1. The molecule has 0 bridgehead atoms. The van der Waals surface area contributed by atoms with Crippen LogP contribution in [0.2, 0.25) is 0 Å². The normalized spacial score (nSPS) is 11.3. The maximum atomic E-state index is 12.0. The maximum absolute atomic E-state index is 12.0. The lowest BCUT2D eigenvalue weighted by Gasteiger charge is -2.07. The van der Waals surface area contributed by atoms with Crippen LogP contribution in [0.4, 0.5) is 0 Å². The van der Waals surface area contributed by atoms with Crippen molar-refractivity contribution in [3.8, 4) is 0 Å². The SMILES string of the molecule is CCOC(=O)CNS(=O)(=O)c1c(C)csc1C(=O)O. The molecule has 0 aromatic carbocycles. The molecule has 1 heterocycles. The van der Waals surface area contributed by atoms with Gasteiger partial charge in [-0.05, 0) is 24.8 Å². The Morgan fingerprint density at radius 3 is 2.63 bits per heavy atom. The van der Waals surface area contributed by atoms with Crippen LogP contribution in [0.15, 0.2) is 10.3 Å². The van der Waals surface area contributed by atoms with Crippen molar-refractivity contribution in [3.05, 3.63) is 15.8 Å². The fourth-order valence-electron chi connectivity index (χ4n) is 1.35. The zero-order valence-corrected chi connectivity index (χ0v) is 11.9. The summed E-state index contributed by atoms with van der Waals surface area (Å²) in [4.78, 5) is 21.5. The summed E-state index contributed by atoms with van der Waals surface area (Å²) in [5.41, 5.74) is 0.318. The van der Waals surface area contributed by atoms with Crippen molar-refractivity contribution in [2.24, 2.45) is 0 Å². The molecule has 106 valence electrons. The number of carboxylic acids is 1. The highest BCUT2D eigenvalue weighted by molar-refractivity contribution is 7.89. The molecule has 7 nitrogen and oxygen atoms in total. The summed E-state index contributed by atoms with van der Waals surface area (Å²) >= 11 is 0.821. The standard InChI is InChI=1S/C10H13NO6S2/c1-3-17-7(12)4-11-19(15,16)9-6(2)5-18-8(9)10(13)14/h5,11H,3-4H2,1-2H3,(H,13,14). The number of esters is 1. The summed E-state index contributed by atoms with van der Waals surface area (Å²) in [6, 6.07) is 0. The average molecular weight is 307 g/mol. The largest absolute Gasteiger partial charge is 0.477 e. The first-order valence-corrected chi connectivity index (χ1v) is 7.62. The lowest BCUT2D eigenvalue weighted by atomic mass is 10.3. The van der Waals surface area contributed by atoms with E-state index in [1.807, 2.05) is 4.72 Å². The molecule has 0 spiro atoms. The van der Waals surface area contributed by atoms with Crippen LogP contribution in [0, 0.1) is 6.92 Å². The van der Waals surface area contributed by atoms with Crippen molar-refractivity contribution >= 4 is 33.3 Å². The van der Waals surface area contributed by atoms with Crippen LogP contribution in [0.5, 0.6) is 0 Å². The van der Waals surface area contributed by atoms with E-state index < -0.39 is 28.5 Å². The molecular weight excluding hydrogens is 294 g/mol. The van der Waals surface area contributed by atoms with Crippen molar-refractivity contribution < 1.29 is 27.9 Å². The van der Waals surface area contributed by atoms with Gasteiger partial charge in [-0.1, -0.05) is 0 Å². The van der Waals surface area contributed by atoms with E-state index in [1.165, 1.54) is 12.3 Å². The Hall–Kier alpha value is -1.45. The van der Waals surface area contributed by atoms with Gasteiger partial charge in [-0.2, -0.15) is 4.72 Å². The summed E-state index contributed by atoms with van der Waals surface area (Å²) in [5.74, 6) is -2.05. The second-order valence-electron chi connectivity index (χ2n) is 3.51. The Kier molecular flexibility index (Phi) is 5.04. The number of rotatable bonds is 6. The van der Waals surface area contributed by atoms with E-state index in [0.29, 0.717) is 5.56 Å². The number of aryl methyl sites for hydroxylation is 1. The molecular formula is C10H13NO6S2. The number of hydrogen-bond acceptors (Lipinski definition) is 6. The number of carbonyl (C=O) groups is 2. The van der Waals surface area contributed by atoms with Crippen molar-refractivity contribution in [2.45, 2.75) is 18.7 Å².